The number of nitrogens with one attached hydrogen (secondary N) is 1. The molecule has 0 aliphatic heterocycles. The third kappa shape index (κ3) is 2.39. The molecule has 2 N–H and O–H groups in total. The minimum atomic E-state index is -0.352. The number of aromatic hydroxyl groups is 1. The van der Waals surface area contributed by atoms with Crippen molar-refractivity contribution in [3.8, 4) is 17.3 Å². The van der Waals surface area contributed by atoms with Gasteiger partial charge < -0.3 is 9.84 Å². The fourth-order valence-electron chi connectivity index (χ4n) is 1.85. The Morgan fingerprint density at radius 2 is 2.00 bits per heavy atom. The van der Waals surface area contributed by atoms with Crippen molar-refractivity contribution in [2.75, 3.05) is 7.11 Å². The van der Waals surface area contributed by atoms with Gasteiger partial charge in [0, 0.05) is 0 Å². The topological polar surface area (TPSA) is 67.2 Å². The van der Waals surface area contributed by atoms with Gasteiger partial charge in [0.2, 0.25) is 5.88 Å². The van der Waals surface area contributed by atoms with E-state index in [-0.39, 0.29) is 16.2 Å². The highest BCUT2D eigenvalue weighted by molar-refractivity contribution is 7.71. The Bertz CT molecular complexity index is 701. The summed E-state index contributed by atoms with van der Waals surface area (Å²) in [4.78, 5) is 14.2. The summed E-state index contributed by atoms with van der Waals surface area (Å²) in [6, 6.07) is 7.03. The quantitative estimate of drug-likeness (QED) is 0.844. The minimum Gasteiger partial charge on any atom is -0.497 e. The summed E-state index contributed by atoms with van der Waals surface area (Å²) in [5.41, 5.74) is 0.619. The first-order valence-corrected chi connectivity index (χ1v) is 6.21. The zero-order chi connectivity index (χ0) is 14.0. The van der Waals surface area contributed by atoms with Gasteiger partial charge in [0.1, 0.15) is 5.75 Å². The van der Waals surface area contributed by atoms with Gasteiger partial charge in [-0.1, -0.05) is 6.92 Å². The Morgan fingerprint density at radius 1 is 1.37 bits per heavy atom. The lowest BCUT2D eigenvalue weighted by Gasteiger charge is -2.12. The highest BCUT2D eigenvalue weighted by atomic mass is 32.1. The predicted molar refractivity (Wildman–Crippen MR) is 74.8 cm³/mol. The molecule has 5 nitrogen and oxygen atoms in total. The first kappa shape index (κ1) is 13.4. The molecule has 0 aliphatic rings. The Balaban J connectivity index is 2.67. The maximum Gasteiger partial charge on any atom is 0.258 e. The molecule has 2 rings (SSSR count). The molecule has 0 unspecified atom stereocenters. The van der Waals surface area contributed by atoms with E-state index >= 15 is 0 Å². The van der Waals surface area contributed by atoms with E-state index in [0.717, 1.165) is 0 Å². The van der Waals surface area contributed by atoms with Gasteiger partial charge in [-0.25, -0.2) is 0 Å². The normalized spacial score (nSPS) is 10.4. The summed E-state index contributed by atoms with van der Waals surface area (Å²) >= 11 is 5.09. The van der Waals surface area contributed by atoms with Crippen LogP contribution in [0.4, 0.5) is 0 Å². The monoisotopic (exact) mass is 278 g/mol. The maximum atomic E-state index is 11.7. The first-order valence-electron chi connectivity index (χ1n) is 5.80. The zero-order valence-corrected chi connectivity index (χ0v) is 11.5. The number of methoxy groups -OCH3 is 1. The zero-order valence-electron chi connectivity index (χ0n) is 10.6. The molecule has 6 heteroatoms. The fraction of sp³-hybridized carbons (Fsp3) is 0.231. The minimum absolute atomic E-state index is 0.124. The number of H-pyrrole nitrogens is 1. The van der Waals surface area contributed by atoms with Gasteiger partial charge in [0.05, 0.1) is 18.4 Å². The van der Waals surface area contributed by atoms with Gasteiger partial charge in [-0.15, -0.1) is 0 Å². The average Bonchev–Trinajstić information content (AvgIpc) is 2.39. The summed E-state index contributed by atoms with van der Waals surface area (Å²) < 4.78 is 6.66. The van der Waals surface area contributed by atoms with E-state index in [1.54, 1.807) is 38.3 Å². The van der Waals surface area contributed by atoms with Crippen molar-refractivity contribution in [2.24, 2.45) is 0 Å². The highest BCUT2D eigenvalue weighted by Crippen LogP contribution is 2.21. The highest BCUT2D eigenvalue weighted by Gasteiger charge is 2.12. The summed E-state index contributed by atoms with van der Waals surface area (Å²) in [6.07, 6.45) is 0.424. The smallest absolute Gasteiger partial charge is 0.258 e. The number of aromatic amines is 1. The standard InChI is InChI=1S/C13H14N2O3S/c1-3-10-11(16)14-13(19)15(12(10)17)8-4-6-9(18-2)7-5-8/h4-7,17H,3H2,1-2H3,(H,14,16,19). The molecule has 0 amide bonds. The van der Waals surface area contributed by atoms with Gasteiger partial charge in [0.25, 0.3) is 5.56 Å². The van der Waals surface area contributed by atoms with E-state index in [2.05, 4.69) is 4.98 Å². The second-order valence-electron chi connectivity index (χ2n) is 3.95. The summed E-state index contributed by atoms with van der Waals surface area (Å²) in [5.74, 6) is 0.580. The molecule has 1 aromatic carbocycles. The van der Waals surface area contributed by atoms with Crippen LogP contribution >= 0.6 is 12.2 Å². The van der Waals surface area contributed by atoms with Gasteiger partial charge >= 0.3 is 0 Å². The van der Waals surface area contributed by atoms with Crippen LogP contribution in [0.3, 0.4) is 0 Å². The number of aromatic nitrogens is 2. The molecule has 100 valence electrons. The molecule has 0 fully saturated rings. The number of benzene rings is 1. The molecular formula is C13H14N2O3S. The van der Waals surface area contributed by atoms with Crippen LogP contribution in [0.5, 0.6) is 11.6 Å². The largest absolute Gasteiger partial charge is 0.497 e. The molecule has 19 heavy (non-hydrogen) atoms. The van der Waals surface area contributed by atoms with Crippen LogP contribution < -0.4 is 10.3 Å². The lowest BCUT2D eigenvalue weighted by atomic mass is 10.2. The fourth-order valence-corrected chi connectivity index (χ4v) is 2.14. The lowest BCUT2D eigenvalue weighted by molar-refractivity contribution is 0.413. The van der Waals surface area contributed by atoms with Crippen LogP contribution in [0, 0.1) is 4.77 Å². The molecule has 0 radical (unpaired) electrons. The SMILES string of the molecule is CCc1c(O)n(-c2ccc(OC)cc2)c(=S)[nH]c1=O. The van der Waals surface area contributed by atoms with Crippen molar-refractivity contribution >= 4 is 12.2 Å². The van der Waals surface area contributed by atoms with E-state index in [9.17, 15) is 9.90 Å². The third-order valence-electron chi connectivity index (χ3n) is 2.86. The van der Waals surface area contributed by atoms with Crippen LogP contribution in [0.25, 0.3) is 5.69 Å². The molecule has 0 saturated carbocycles. The van der Waals surface area contributed by atoms with E-state index < -0.39 is 0 Å². The molecule has 1 aromatic heterocycles. The van der Waals surface area contributed by atoms with Crippen LogP contribution in [0.1, 0.15) is 12.5 Å². The van der Waals surface area contributed by atoms with E-state index in [1.807, 2.05) is 0 Å². The third-order valence-corrected chi connectivity index (χ3v) is 3.15. The first-order chi connectivity index (χ1) is 9.08. The molecule has 0 bridgehead atoms. The second-order valence-corrected chi connectivity index (χ2v) is 4.34. The number of hydrogen-bond donors (Lipinski definition) is 2. The van der Waals surface area contributed by atoms with Crippen molar-refractivity contribution in [1.29, 1.82) is 0 Å². The van der Waals surface area contributed by atoms with Crippen LogP contribution in [-0.2, 0) is 6.42 Å². The molecule has 0 saturated heterocycles. The van der Waals surface area contributed by atoms with Gasteiger partial charge in [0.15, 0.2) is 4.77 Å². The predicted octanol–water partition coefficient (Wildman–Crippen LogP) is 2.17. The number of rotatable bonds is 3. The van der Waals surface area contributed by atoms with Crippen LogP contribution in [-0.4, -0.2) is 21.8 Å². The summed E-state index contributed by atoms with van der Waals surface area (Å²) in [6.45, 7) is 1.80. The van der Waals surface area contributed by atoms with Crippen LogP contribution in [0.15, 0.2) is 29.1 Å². The molecule has 0 aliphatic carbocycles. The maximum absolute atomic E-state index is 11.7. The van der Waals surface area contributed by atoms with E-state index in [0.29, 0.717) is 23.4 Å². The molecule has 2 aromatic rings. The Morgan fingerprint density at radius 3 is 2.53 bits per heavy atom. The van der Waals surface area contributed by atoms with Crippen molar-refractivity contribution in [2.45, 2.75) is 13.3 Å². The molecule has 0 atom stereocenters. The van der Waals surface area contributed by atoms with E-state index in [4.69, 9.17) is 17.0 Å². The average molecular weight is 278 g/mol. The number of ether oxygens (including phenoxy) is 1. The molecule has 1 heterocycles. The van der Waals surface area contributed by atoms with Gasteiger partial charge in [-0.3, -0.25) is 14.3 Å². The number of hydrogen-bond acceptors (Lipinski definition) is 4. The van der Waals surface area contributed by atoms with Crippen LogP contribution in [0.2, 0.25) is 0 Å². The molecule has 0 spiro atoms. The van der Waals surface area contributed by atoms with Gasteiger partial charge in [-0.2, -0.15) is 0 Å². The second kappa shape index (κ2) is 5.27. The van der Waals surface area contributed by atoms with Crippen molar-refractivity contribution in [3.63, 3.8) is 0 Å². The number of nitrogens with zero attached hydrogens (tertiary/aromatic N) is 1. The lowest BCUT2D eigenvalue weighted by Crippen LogP contribution is -2.17. The Labute approximate surface area is 115 Å². The van der Waals surface area contributed by atoms with E-state index in [1.165, 1.54) is 4.57 Å². The summed E-state index contributed by atoms with van der Waals surface area (Å²) in [7, 11) is 1.58. The van der Waals surface area contributed by atoms with Crippen molar-refractivity contribution in [1.82, 2.24) is 9.55 Å². The summed E-state index contributed by atoms with van der Waals surface area (Å²) in [5, 5.41) is 10.2. The Kier molecular flexibility index (Phi) is 3.71. The van der Waals surface area contributed by atoms with Gasteiger partial charge in [-0.05, 0) is 42.9 Å². The van der Waals surface area contributed by atoms with Crippen molar-refractivity contribution < 1.29 is 9.84 Å². The van der Waals surface area contributed by atoms with Crippen molar-refractivity contribution in [3.05, 3.63) is 45.0 Å². The molecular weight excluding hydrogens is 264 g/mol. The Hall–Kier alpha value is -2.08.